The van der Waals surface area contributed by atoms with Crippen molar-refractivity contribution in [3.63, 3.8) is 0 Å². The SMILES string of the molecule is CNC(=O)NC(C)(C)C(=O)N1CCCC(C(N)=O)C1. The average Bonchev–Trinajstić information content (AvgIpc) is 2.37. The van der Waals surface area contributed by atoms with Gasteiger partial charge in [0.05, 0.1) is 5.92 Å². The zero-order chi connectivity index (χ0) is 14.6. The van der Waals surface area contributed by atoms with Gasteiger partial charge in [-0.1, -0.05) is 0 Å². The first-order chi connectivity index (χ1) is 8.77. The number of piperidine rings is 1. The molecule has 0 aromatic rings. The molecule has 0 aromatic carbocycles. The number of carbonyl (C=O) groups excluding carboxylic acids is 3. The molecule has 1 saturated heterocycles. The van der Waals surface area contributed by atoms with E-state index < -0.39 is 11.6 Å². The summed E-state index contributed by atoms with van der Waals surface area (Å²) in [5.74, 6) is -0.884. The Morgan fingerprint density at radius 1 is 1.32 bits per heavy atom. The van der Waals surface area contributed by atoms with Gasteiger partial charge < -0.3 is 21.3 Å². The van der Waals surface area contributed by atoms with Crippen molar-refractivity contribution in [2.45, 2.75) is 32.2 Å². The van der Waals surface area contributed by atoms with Gasteiger partial charge in [0.2, 0.25) is 11.8 Å². The van der Waals surface area contributed by atoms with Crippen LogP contribution < -0.4 is 16.4 Å². The van der Waals surface area contributed by atoms with Crippen LogP contribution in [0.4, 0.5) is 4.79 Å². The van der Waals surface area contributed by atoms with Crippen LogP contribution in [-0.4, -0.2) is 48.4 Å². The fraction of sp³-hybridized carbons (Fsp3) is 0.750. The van der Waals surface area contributed by atoms with Crippen LogP contribution in [0, 0.1) is 5.92 Å². The summed E-state index contributed by atoms with van der Waals surface area (Å²) in [6.45, 7) is 4.19. The molecule has 4 amide bonds. The van der Waals surface area contributed by atoms with Crippen molar-refractivity contribution in [2.24, 2.45) is 11.7 Å². The highest BCUT2D eigenvalue weighted by atomic mass is 16.2. The molecule has 1 atom stereocenters. The summed E-state index contributed by atoms with van der Waals surface area (Å²) >= 11 is 0. The Hall–Kier alpha value is -1.79. The molecule has 7 heteroatoms. The van der Waals surface area contributed by atoms with E-state index in [1.54, 1.807) is 18.7 Å². The largest absolute Gasteiger partial charge is 0.369 e. The van der Waals surface area contributed by atoms with Gasteiger partial charge in [0.25, 0.3) is 0 Å². The molecule has 19 heavy (non-hydrogen) atoms. The number of nitrogens with two attached hydrogens (primary N) is 1. The molecule has 0 aromatic heterocycles. The van der Waals surface area contributed by atoms with Crippen LogP contribution in [0.15, 0.2) is 0 Å². The molecule has 0 spiro atoms. The highest BCUT2D eigenvalue weighted by Gasteiger charge is 2.36. The number of urea groups is 1. The van der Waals surface area contributed by atoms with Gasteiger partial charge in [0, 0.05) is 20.1 Å². The third-order valence-electron chi connectivity index (χ3n) is 3.30. The molecule has 4 N–H and O–H groups in total. The first-order valence-corrected chi connectivity index (χ1v) is 6.36. The molecule has 0 radical (unpaired) electrons. The van der Waals surface area contributed by atoms with E-state index in [9.17, 15) is 14.4 Å². The topological polar surface area (TPSA) is 105 Å². The fourth-order valence-electron chi connectivity index (χ4n) is 2.19. The Bertz CT molecular complexity index is 381. The van der Waals surface area contributed by atoms with Crippen molar-refractivity contribution in [3.05, 3.63) is 0 Å². The molecule has 0 aliphatic carbocycles. The van der Waals surface area contributed by atoms with Gasteiger partial charge >= 0.3 is 6.03 Å². The smallest absolute Gasteiger partial charge is 0.315 e. The number of nitrogens with zero attached hydrogens (tertiary/aromatic N) is 1. The van der Waals surface area contributed by atoms with Crippen LogP contribution in [0.1, 0.15) is 26.7 Å². The van der Waals surface area contributed by atoms with E-state index in [2.05, 4.69) is 10.6 Å². The van der Waals surface area contributed by atoms with E-state index in [4.69, 9.17) is 5.73 Å². The van der Waals surface area contributed by atoms with Gasteiger partial charge in [-0.15, -0.1) is 0 Å². The summed E-state index contributed by atoms with van der Waals surface area (Å²) in [6, 6.07) is -0.415. The van der Waals surface area contributed by atoms with Crippen molar-refractivity contribution in [2.75, 3.05) is 20.1 Å². The summed E-state index contributed by atoms with van der Waals surface area (Å²) in [5, 5.41) is 5.00. The van der Waals surface area contributed by atoms with E-state index in [-0.39, 0.29) is 17.7 Å². The number of rotatable bonds is 3. The van der Waals surface area contributed by atoms with Crippen molar-refractivity contribution < 1.29 is 14.4 Å². The number of hydrogen-bond donors (Lipinski definition) is 3. The normalized spacial score (nSPS) is 19.7. The summed E-state index contributed by atoms with van der Waals surface area (Å²) in [4.78, 5) is 36.5. The third kappa shape index (κ3) is 3.84. The van der Waals surface area contributed by atoms with Crippen LogP contribution >= 0.6 is 0 Å². The van der Waals surface area contributed by atoms with Gasteiger partial charge in [-0.2, -0.15) is 0 Å². The number of likely N-dealkylation sites (tertiary alicyclic amines) is 1. The summed E-state index contributed by atoms with van der Waals surface area (Å²) < 4.78 is 0. The van der Waals surface area contributed by atoms with E-state index in [0.29, 0.717) is 19.5 Å². The summed E-state index contributed by atoms with van der Waals surface area (Å²) in [6.07, 6.45) is 1.46. The molecule has 1 heterocycles. The van der Waals surface area contributed by atoms with E-state index >= 15 is 0 Å². The van der Waals surface area contributed by atoms with Crippen molar-refractivity contribution in [1.82, 2.24) is 15.5 Å². The predicted molar refractivity (Wildman–Crippen MR) is 70.2 cm³/mol. The number of amides is 4. The second kappa shape index (κ2) is 5.90. The van der Waals surface area contributed by atoms with Crippen LogP contribution in [0.5, 0.6) is 0 Å². The molecule has 7 nitrogen and oxygen atoms in total. The Morgan fingerprint density at radius 3 is 2.47 bits per heavy atom. The molecule has 1 unspecified atom stereocenters. The standard InChI is InChI=1S/C12H22N4O3/c1-12(2,15-11(19)14-3)10(18)16-6-4-5-8(7-16)9(13)17/h8H,4-7H2,1-3H3,(H2,13,17)(H2,14,15,19). The maximum atomic E-state index is 12.4. The average molecular weight is 270 g/mol. The Balaban J connectivity index is 2.70. The number of nitrogens with one attached hydrogen (secondary N) is 2. The molecule has 0 saturated carbocycles. The quantitative estimate of drug-likeness (QED) is 0.639. The van der Waals surface area contributed by atoms with E-state index in [0.717, 1.165) is 6.42 Å². The van der Waals surface area contributed by atoms with Gasteiger partial charge in [-0.3, -0.25) is 9.59 Å². The first-order valence-electron chi connectivity index (χ1n) is 6.36. The minimum absolute atomic E-state index is 0.206. The van der Waals surface area contributed by atoms with Crippen LogP contribution in [-0.2, 0) is 9.59 Å². The molecule has 0 bridgehead atoms. The summed E-state index contributed by atoms with van der Waals surface area (Å²) in [7, 11) is 1.49. The molecule has 1 fully saturated rings. The maximum Gasteiger partial charge on any atom is 0.315 e. The lowest BCUT2D eigenvalue weighted by Crippen LogP contribution is -2.59. The minimum atomic E-state index is -1.01. The zero-order valence-electron chi connectivity index (χ0n) is 11.7. The molecular formula is C12H22N4O3. The van der Waals surface area contributed by atoms with Crippen LogP contribution in [0.2, 0.25) is 0 Å². The van der Waals surface area contributed by atoms with Gasteiger partial charge in [-0.25, -0.2) is 4.79 Å². The van der Waals surface area contributed by atoms with Gasteiger partial charge in [0.15, 0.2) is 0 Å². The molecule has 1 aliphatic heterocycles. The second-order valence-corrected chi connectivity index (χ2v) is 5.32. The van der Waals surface area contributed by atoms with Crippen molar-refractivity contribution in [1.29, 1.82) is 0 Å². The van der Waals surface area contributed by atoms with E-state index in [1.807, 2.05) is 0 Å². The highest BCUT2D eigenvalue weighted by Crippen LogP contribution is 2.19. The lowest BCUT2D eigenvalue weighted by Gasteiger charge is -2.36. The number of primary amides is 1. The Morgan fingerprint density at radius 2 is 1.95 bits per heavy atom. The summed E-state index contributed by atoms with van der Waals surface area (Å²) in [5.41, 5.74) is 4.27. The van der Waals surface area contributed by atoms with Crippen LogP contribution in [0.3, 0.4) is 0 Å². The zero-order valence-corrected chi connectivity index (χ0v) is 11.7. The van der Waals surface area contributed by atoms with Crippen LogP contribution in [0.25, 0.3) is 0 Å². The van der Waals surface area contributed by atoms with Gasteiger partial charge in [-0.05, 0) is 26.7 Å². The lowest BCUT2D eigenvalue weighted by atomic mass is 9.95. The third-order valence-corrected chi connectivity index (χ3v) is 3.30. The Kier molecular flexibility index (Phi) is 4.74. The predicted octanol–water partition coefficient (Wildman–Crippen LogP) is -0.582. The van der Waals surface area contributed by atoms with Crippen molar-refractivity contribution >= 4 is 17.8 Å². The van der Waals surface area contributed by atoms with Gasteiger partial charge in [0.1, 0.15) is 5.54 Å². The molecule has 108 valence electrons. The minimum Gasteiger partial charge on any atom is -0.369 e. The second-order valence-electron chi connectivity index (χ2n) is 5.32. The number of hydrogen-bond acceptors (Lipinski definition) is 3. The first kappa shape index (κ1) is 15.3. The maximum absolute atomic E-state index is 12.4. The van der Waals surface area contributed by atoms with E-state index in [1.165, 1.54) is 7.05 Å². The lowest BCUT2D eigenvalue weighted by molar-refractivity contribution is -0.139. The highest BCUT2D eigenvalue weighted by molar-refractivity contribution is 5.90. The molecule has 1 rings (SSSR count). The molecule has 1 aliphatic rings. The monoisotopic (exact) mass is 270 g/mol. The number of carbonyl (C=O) groups is 3. The fourth-order valence-corrected chi connectivity index (χ4v) is 2.19. The Labute approximate surface area is 112 Å². The van der Waals surface area contributed by atoms with Crippen molar-refractivity contribution in [3.8, 4) is 0 Å². The molecular weight excluding hydrogens is 248 g/mol.